The second-order valence-corrected chi connectivity index (χ2v) is 4.25. The molecular weight excluding hydrogens is 177 g/mol. The van der Waals surface area contributed by atoms with E-state index in [1.54, 1.807) is 0 Å². The van der Waals surface area contributed by atoms with Crippen LogP contribution in [0.1, 0.15) is 24.5 Å². The first kappa shape index (κ1) is 9.66. The molecule has 0 aliphatic carbocycles. The van der Waals surface area contributed by atoms with Crippen molar-refractivity contribution < 1.29 is 4.39 Å². The van der Waals surface area contributed by atoms with E-state index in [0.29, 0.717) is 6.42 Å². The van der Waals surface area contributed by atoms with E-state index in [4.69, 9.17) is 0 Å². The lowest BCUT2D eigenvalue weighted by Gasteiger charge is -2.27. The molecule has 1 aromatic carbocycles. The van der Waals surface area contributed by atoms with Crippen LogP contribution in [0.25, 0.3) is 0 Å². The van der Waals surface area contributed by atoms with Crippen molar-refractivity contribution in [2.45, 2.75) is 32.0 Å². The Hall–Kier alpha value is -0.890. The van der Waals surface area contributed by atoms with Crippen molar-refractivity contribution in [3.05, 3.63) is 35.4 Å². The molecule has 1 saturated heterocycles. The third kappa shape index (κ3) is 1.44. The van der Waals surface area contributed by atoms with Crippen molar-refractivity contribution in [1.82, 2.24) is 5.32 Å². The van der Waals surface area contributed by atoms with Crippen LogP contribution >= 0.6 is 0 Å². The SMILES string of the molecule is Cc1cccc(C2(C)NCCC2F)c1. The van der Waals surface area contributed by atoms with E-state index < -0.39 is 11.7 Å². The molecule has 1 nitrogen and oxygen atoms in total. The molecule has 1 aliphatic rings. The first-order chi connectivity index (χ1) is 6.63. The topological polar surface area (TPSA) is 12.0 Å². The predicted molar refractivity (Wildman–Crippen MR) is 56.0 cm³/mol. The number of nitrogens with one attached hydrogen (secondary N) is 1. The van der Waals surface area contributed by atoms with E-state index in [1.165, 1.54) is 5.56 Å². The van der Waals surface area contributed by atoms with Crippen molar-refractivity contribution >= 4 is 0 Å². The second-order valence-electron chi connectivity index (χ2n) is 4.25. The van der Waals surface area contributed by atoms with Crippen LogP contribution in [0.15, 0.2) is 24.3 Å². The van der Waals surface area contributed by atoms with E-state index in [0.717, 1.165) is 12.1 Å². The fourth-order valence-corrected chi connectivity index (χ4v) is 2.11. The average molecular weight is 193 g/mol. The van der Waals surface area contributed by atoms with Gasteiger partial charge in [0.15, 0.2) is 0 Å². The molecule has 0 spiro atoms. The van der Waals surface area contributed by atoms with Crippen molar-refractivity contribution in [2.24, 2.45) is 0 Å². The molecule has 2 heteroatoms. The molecule has 1 heterocycles. The van der Waals surface area contributed by atoms with Crippen molar-refractivity contribution in [3.63, 3.8) is 0 Å². The van der Waals surface area contributed by atoms with E-state index in [1.807, 2.05) is 32.0 Å². The maximum Gasteiger partial charge on any atom is 0.123 e. The maximum atomic E-state index is 13.7. The van der Waals surface area contributed by atoms with E-state index >= 15 is 0 Å². The van der Waals surface area contributed by atoms with E-state index in [9.17, 15) is 4.39 Å². The van der Waals surface area contributed by atoms with Crippen molar-refractivity contribution in [3.8, 4) is 0 Å². The molecule has 1 fully saturated rings. The third-order valence-corrected chi connectivity index (χ3v) is 3.13. The summed E-state index contributed by atoms with van der Waals surface area (Å²) in [5.74, 6) is 0. The second kappa shape index (κ2) is 3.35. The fraction of sp³-hybridized carbons (Fsp3) is 0.500. The normalized spacial score (nSPS) is 32.1. The summed E-state index contributed by atoms with van der Waals surface area (Å²) in [7, 11) is 0. The number of benzene rings is 1. The Balaban J connectivity index is 2.38. The zero-order valence-corrected chi connectivity index (χ0v) is 8.68. The smallest absolute Gasteiger partial charge is 0.123 e. The molecule has 0 saturated carbocycles. The van der Waals surface area contributed by atoms with Crippen LogP contribution in [0.3, 0.4) is 0 Å². The lowest BCUT2D eigenvalue weighted by molar-refractivity contribution is 0.220. The number of halogens is 1. The van der Waals surface area contributed by atoms with Gasteiger partial charge in [-0.25, -0.2) is 4.39 Å². The molecule has 14 heavy (non-hydrogen) atoms. The van der Waals surface area contributed by atoms with Crippen molar-refractivity contribution in [2.75, 3.05) is 6.54 Å². The number of alkyl halides is 1. The molecule has 2 rings (SSSR count). The number of rotatable bonds is 1. The van der Waals surface area contributed by atoms with E-state index in [2.05, 4.69) is 11.4 Å². The lowest BCUT2D eigenvalue weighted by atomic mass is 9.88. The molecule has 1 aliphatic heterocycles. The summed E-state index contributed by atoms with van der Waals surface area (Å²) in [6.45, 7) is 4.75. The number of hydrogen-bond donors (Lipinski definition) is 1. The monoisotopic (exact) mass is 193 g/mol. The van der Waals surface area contributed by atoms with Gasteiger partial charge in [0.05, 0.1) is 5.54 Å². The van der Waals surface area contributed by atoms with Crippen LogP contribution in [0.5, 0.6) is 0 Å². The van der Waals surface area contributed by atoms with Crippen molar-refractivity contribution in [1.29, 1.82) is 0 Å². The van der Waals surface area contributed by atoms with Gasteiger partial charge in [0.25, 0.3) is 0 Å². The summed E-state index contributed by atoms with van der Waals surface area (Å²) in [6, 6.07) is 8.08. The molecule has 2 unspecified atom stereocenters. The van der Waals surface area contributed by atoms with Gasteiger partial charge in [-0.1, -0.05) is 29.8 Å². The minimum Gasteiger partial charge on any atom is -0.305 e. The zero-order chi connectivity index (χ0) is 10.2. The van der Waals surface area contributed by atoms with Crippen LogP contribution < -0.4 is 5.32 Å². The van der Waals surface area contributed by atoms with Gasteiger partial charge in [-0.3, -0.25) is 0 Å². The Morgan fingerprint density at radius 3 is 2.86 bits per heavy atom. The zero-order valence-electron chi connectivity index (χ0n) is 8.68. The van der Waals surface area contributed by atoms with Gasteiger partial charge in [0.2, 0.25) is 0 Å². The molecule has 0 bridgehead atoms. The summed E-state index contributed by atoms with van der Waals surface area (Å²) in [6.07, 6.45) is -0.158. The Kier molecular flexibility index (Phi) is 2.31. The molecule has 0 aromatic heterocycles. The third-order valence-electron chi connectivity index (χ3n) is 3.13. The van der Waals surface area contributed by atoms with Crippen LogP contribution in [0.4, 0.5) is 4.39 Å². The van der Waals surface area contributed by atoms with Gasteiger partial charge in [-0.15, -0.1) is 0 Å². The Bertz CT molecular complexity index is 337. The van der Waals surface area contributed by atoms with Gasteiger partial charge < -0.3 is 5.32 Å². The van der Waals surface area contributed by atoms with Crippen LogP contribution in [0, 0.1) is 6.92 Å². The highest BCUT2D eigenvalue weighted by atomic mass is 19.1. The summed E-state index contributed by atoms with van der Waals surface area (Å²) >= 11 is 0. The Labute approximate surface area is 84.3 Å². The molecule has 1 N–H and O–H groups in total. The Morgan fingerprint density at radius 2 is 2.29 bits per heavy atom. The van der Waals surface area contributed by atoms with Crippen LogP contribution in [0.2, 0.25) is 0 Å². The van der Waals surface area contributed by atoms with Gasteiger partial charge in [-0.2, -0.15) is 0 Å². The highest BCUT2D eigenvalue weighted by Gasteiger charge is 2.40. The summed E-state index contributed by atoms with van der Waals surface area (Å²) in [5.41, 5.74) is 1.76. The number of aryl methyl sites for hydroxylation is 1. The maximum absolute atomic E-state index is 13.7. The molecular formula is C12H16FN. The van der Waals surface area contributed by atoms with Gasteiger partial charge in [0, 0.05) is 0 Å². The van der Waals surface area contributed by atoms with Gasteiger partial charge in [0.1, 0.15) is 6.17 Å². The van der Waals surface area contributed by atoms with Gasteiger partial charge in [-0.05, 0) is 32.4 Å². The molecule has 1 aromatic rings. The van der Waals surface area contributed by atoms with Gasteiger partial charge >= 0.3 is 0 Å². The molecule has 76 valence electrons. The fourth-order valence-electron chi connectivity index (χ4n) is 2.11. The lowest BCUT2D eigenvalue weighted by Crippen LogP contribution is -2.39. The first-order valence-electron chi connectivity index (χ1n) is 5.09. The molecule has 0 amide bonds. The standard InChI is InChI=1S/C12H16FN/c1-9-4-3-5-10(8-9)12(2)11(13)6-7-14-12/h3-5,8,11,14H,6-7H2,1-2H3. The predicted octanol–water partition coefficient (Wildman–Crippen LogP) is 2.54. The van der Waals surface area contributed by atoms with E-state index in [-0.39, 0.29) is 0 Å². The summed E-state index contributed by atoms with van der Waals surface area (Å²) < 4.78 is 13.7. The Morgan fingerprint density at radius 1 is 1.50 bits per heavy atom. The minimum absolute atomic E-state index is 0.480. The number of hydrogen-bond acceptors (Lipinski definition) is 1. The minimum atomic E-state index is -0.774. The summed E-state index contributed by atoms with van der Waals surface area (Å²) in [5, 5.41) is 3.25. The largest absolute Gasteiger partial charge is 0.305 e. The first-order valence-corrected chi connectivity index (χ1v) is 5.09. The highest BCUT2D eigenvalue weighted by Crippen LogP contribution is 2.33. The molecule has 2 atom stereocenters. The average Bonchev–Trinajstić information content (AvgIpc) is 2.49. The quantitative estimate of drug-likeness (QED) is 0.722. The summed E-state index contributed by atoms with van der Waals surface area (Å²) in [4.78, 5) is 0. The molecule has 0 radical (unpaired) electrons. The highest BCUT2D eigenvalue weighted by molar-refractivity contribution is 5.30. The van der Waals surface area contributed by atoms with Crippen LogP contribution in [-0.2, 0) is 5.54 Å². The van der Waals surface area contributed by atoms with Crippen LogP contribution in [-0.4, -0.2) is 12.7 Å².